The van der Waals surface area contributed by atoms with Crippen molar-refractivity contribution in [1.29, 1.82) is 0 Å². The summed E-state index contributed by atoms with van der Waals surface area (Å²) < 4.78 is 5.65. The van der Waals surface area contributed by atoms with Crippen LogP contribution in [0, 0.1) is 0 Å². The van der Waals surface area contributed by atoms with Crippen LogP contribution in [0.2, 0.25) is 0 Å². The van der Waals surface area contributed by atoms with Crippen molar-refractivity contribution in [3.8, 4) is 0 Å². The van der Waals surface area contributed by atoms with Crippen LogP contribution in [0.15, 0.2) is 18.3 Å². The lowest BCUT2D eigenvalue weighted by Gasteiger charge is -2.35. The van der Waals surface area contributed by atoms with Crippen LogP contribution in [0.3, 0.4) is 0 Å². The van der Waals surface area contributed by atoms with Gasteiger partial charge in [0.05, 0.1) is 5.60 Å². The second kappa shape index (κ2) is 5.57. The number of hydrogen-bond acceptors (Lipinski definition) is 4. The van der Waals surface area contributed by atoms with Gasteiger partial charge in [0, 0.05) is 31.5 Å². The van der Waals surface area contributed by atoms with Crippen LogP contribution in [0.5, 0.6) is 0 Å². The van der Waals surface area contributed by atoms with Gasteiger partial charge in [0.25, 0.3) is 5.91 Å². The first-order chi connectivity index (χ1) is 9.00. The molecule has 0 aromatic carbocycles. The number of ether oxygens (including phenoxy) is 1. The molecular formula is C14H21N3O2. The predicted molar refractivity (Wildman–Crippen MR) is 74.3 cm³/mol. The zero-order chi connectivity index (χ0) is 13.9. The van der Waals surface area contributed by atoms with Gasteiger partial charge in [-0.1, -0.05) is 0 Å². The SMILES string of the molecule is CNc1cc(C(=O)NC2CCOC(C)(C)C2)ccn1. The minimum atomic E-state index is -0.162. The third-order valence-corrected chi connectivity index (χ3v) is 3.31. The van der Waals surface area contributed by atoms with Crippen molar-refractivity contribution in [2.75, 3.05) is 19.0 Å². The minimum Gasteiger partial charge on any atom is -0.375 e. The molecule has 0 aliphatic carbocycles. The fourth-order valence-corrected chi connectivity index (χ4v) is 2.33. The Kier molecular flexibility index (Phi) is 4.04. The van der Waals surface area contributed by atoms with Crippen molar-refractivity contribution in [3.63, 3.8) is 0 Å². The molecular weight excluding hydrogens is 242 g/mol. The average molecular weight is 263 g/mol. The summed E-state index contributed by atoms with van der Waals surface area (Å²) in [5.41, 5.74) is 0.466. The maximum Gasteiger partial charge on any atom is 0.251 e. The summed E-state index contributed by atoms with van der Waals surface area (Å²) in [5, 5.41) is 6.00. The van der Waals surface area contributed by atoms with Crippen LogP contribution < -0.4 is 10.6 Å². The number of hydrogen-bond donors (Lipinski definition) is 2. The Morgan fingerprint density at radius 3 is 3.00 bits per heavy atom. The van der Waals surface area contributed by atoms with E-state index in [4.69, 9.17) is 4.74 Å². The van der Waals surface area contributed by atoms with E-state index >= 15 is 0 Å². The lowest BCUT2D eigenvalue weighted by atomic mass is 9.94. The normalized spacial score (nSPS) is 21.7. The molecule has 1 aliphatic heterocycles. The Balaban J connectivity index is 2.00. The Morgan fingerprint density at radius 1 is 1.53 bits per heavy atom. The summed E-state index contributed by atoms with van der Waals surface area (Å²) in [6.45, 7) is 4.80. The Morgan fingerprint density at radius 2 is 2.32 bits per heavy atom. The maximum absolute atomic E-state index is 12.2. The summed E-state index contributed by atoms with van der Waals surface area (Å²) >= 11 is 0. The number of carbonyl (C=O) groups excluding carboxylic acids is 1. The van der Waals surface area contributed by atoms with E-state index in [1.165, 1.54) is 0 Å². The van der Waals surface area contributed by atoms with E-state index in [0.29, 0.717) is 18.0 Å². The molecule has 2 rings (SSSR count). The summed E-state index contributed by atoms with van der Waals surface area (Å²) in [5.74, 6) is 0.640. The Labute approximate surface area is 113 Å². The first-order valence-electron chi connectivity index (χ1n) is 6.59. The van der Waals surface area contributed by atoms with Crippen LogP contribution in [0.1, 0.15) is 37.0 Å². The fourth-order valence-electron chi connectivity index (χ4n) is 2.33. The number of nitrogens with one attached hydrogen (secondary N) is 2. The van der Waals surface area contributed by atoms with Gasteiger partial charge < -0.3 is 15.4 Å². The van der Waals surface area contributed by atoms with Gasteiger partial charge in [-0.3, -0.25) is 4.79 Å². The lowest BCUT2D eigenvalue weighted by molar-refractivity contribution is -0.0615. The number of carbonyl (C=O) groups is 1. The standard InChI is InChI=1S/C14H21N3O2/c1-14(2)9-11(5-7-19-14)17-13(18)10-4-6-16-12(8-10)15-3/h4,6,8,11H,5,7,9H2,1-3H3,(H,15,16)(H,17,18). The van der Waals surface area contributed by atoms with Crippen LogP contribution in [-0.2, 0) is 4.74 Å². The van der Waals surface area contributed by atoms with Crippen molar-refractivity contribution >= 4 is 11.7 Å². The number of aromatic nitrogens is 1. The van der Waals surface area contributed by atoms with E-state index < -0.39 is 0 Å². The highest BCUT2D eigenvalue weighted by Crippen LogP contribution is 2.24. The fraction of sp³-hybridized carbons (Fsp3) is 0.571. The Hall–Kier alpha value is -1.62. The number of pyridine rings is 1. The number of rotatable bonds is 3. The molecule has 0 spiro atoms. The van der Waals surface area contributed by atoms with Gasteiger partial charge in [-0.05, 0) is 38.8 Å². The third kappa shape index (κ3) is 3.67. The molecule has 1 fully saturated rings. The molecule has 104 valence electrons. The molecule has 0 radical (unpaired) electrons. The molecule has 2 heterocycles. The van der Waals surface area contributed by atoms with Crippen molar-refractivity contribution in [2.24, 2.45) is 0 Å². The Bertz CT molecular complexity index is 460. The van der Waals surface area contributed by atoms with Crippen LogP contribution in [-0.4, -0.2) is 36.2 Å². The second-order valence-corrected chi connectivity index (χ2v) is 5.45. The van der Waals surface area contributed by atoms with E-state index in [-0.39, 0.29) is 17.6 Å². The molecule has 1 aliphatic rings. The third-order valence-electron chi connectivity index (χ3n) is 3.31. The van der Waals surface area contributed by atoms with Gasteiger partial charge >= 0.3 is 0 Å². The van der Waals surface area contributed by atoms with Crippen molar-refractivity contribution in [2.45, 2.75) is 38.3 Å². The van der Waals surface area contributed by atoms with Crippen molar-refractivity contribution in [3.05, 3.63) is 23.9 Å². The molecule has 1 aromatic rings. The van der Waals surface area contributed by atoms with Gasteiger partial charge in [-0.15, -0.1) is 0 Å². The molecule has 2 N–H and O–H groups in total. The summed E-state index contributed by atoms with van der Waals surface area (Å²) in [7, 11) is 1.78. The molecule has 19 heavy (non-hydrogen) atoms. The second-order valence-electron chi connectivity index (χ2n) is 5.45. The van der Waals surface area contributed by atoms with Gasteiger partial charge in [0.2, 0.25) is 0 Å². The lowest BCUT2D eigenvalue weighted by Crippen LogP contribution is -2.45. The van der Waals surface area contributed by atoms with Gasteiger partial charge in [-0.2, -0.15) is 0 Å². The number of nitrogens with zero attached hydrogens (tertiary/aromatic N) is 1. The first kappa shape index (κ1) is 13.8. The monoisotopic (exact) mass is 263 g/mol. The molecule has 1 unspecified atom stereocenters. The quantitative estimate of drug-likeness (QED) is 0.873. The molecule has 5 nitrogen and oxygen atoms in total. The number of amides is 1. The van der Waals surface area contributed by atoms with E-state index in [1.54, 1.807) is 25.4 Å². The van der Waals surface area contributed by atoms with Crippen LogP contribution in [0.25, 0.3) is 0 Å². The van der Waals surface area contributed by atoms with Crippen LogP contribution >= 0.6 is 0 Å². The highest BCUT2D eigenvalue weighted by Gasteiger charge is 2.29. The number of anilines is 1. The van der Waals surface area contributed by atoms with E-state index in [2.05, 4.69) is 29.5 Å². The molecule has 5 heteroatoms. The zero-order valence-electron chi connectivity index (χ0n) is 11.7. The highest BCUT2D eigenvalue weighted by molar-refractivity contribution is 5.95. The molecule has 1 saturated heterocycles. The van der Waals surface area contributed by atoms with Crippen molar-refractivity contribution < 1.29 is 9.53 Å². The van der Waals surface area contributed by atoms with E-state index in [0.717, 1.165) is 12.8 Å². The summed E-state index contributed by atoms with van der Waals surface area (Å²) in [6, 6.07) is 3.64. The maximum atomic E-state index is 12.2. The topological polar surface area (TPSA) is 63.2 Å². The molecule has 1 atom stereocenters. The average Bonchev–Trinajstić information content (AvgIpc) is 2.37. The molecule has 1 amide bonds. The van der Waals surface area contributed by atoms with Gasteiger partial charge in [0.1, 0.15) is 5.82 Å². The molecule has 0 saturated carbocycles. The zero-order valence-corrected chi connectivity index (χ0v) is 11.7. The predicted octanol–water partition coefficient (Wildman–Crippen LogP) is 1.81. The largest absolute Gasteiger partial charge is 0.375 e. The molecule has 0 bridgehead atoms. The smallest absolute Gasteiger partial charge is 0.251 e. The van der Waals surface area contributed by atoms with Gasteiger partial charge in [-0.25, -0.2) is 4.98 Å². The van der Waals surface area contributed by atoms with E-state index in [1.807, 2.05) is 0 Å². The van der Waals surface area contributed by atoms with E-state index in [9.17, 15) is 4.79 Å². The highest BCUT2D eigenvalue weighted by atomic mass is 16.5. The first-order valence-corrected chi connectivity index (χ1v) is 6.59. The van der Waals surface area contributed by atoms with Gasteiger partial charge in [0.15, 0.2) is 0 Å². The summed E-state index contributed by atoms with van der Waals surface area (Å²) in [4.78, 5) is 16.3. The van der Waals surface area contributed by atoms with Crippen LogP contribution in [0.4, 0.5) is 5.82 Å². The van der Waals surface area contributed by atoms with Crippen molar-refractivity contribution in [1.82, 2.24) is 10.3 Å². The summed E-state index contributed by atoms with van der Waals surface area (Å²) in [6.07, 6.45) is 3.33. The minimum absolute atomic E-state index is 0.0541. The molecule has 1 aromatic heterocycles.